The Morgan fingerprint density at radius 1 is 1.28 bits per heavy atom. The summed E-state index contributed by atoms with van der Waals surface area (Å²) in [6.45, 7) is 1.05. The first-order chi connectivity index (χ1) is 12.1. The molecule has 9 nitrogen and oxygen atoms in total. The van der Waals surface area contributed by atoms with E-state index < -0.39 is 4.92 Å². The van der Waals surface area contributed by atoms with Crippen molar-refractivity contribution in [2.75, 3.05) is 6.54 Å². The van der Waals surface area contributed by atoms with Crippen LogP contribution in [0.5, 0.6) is 0 Å². The molecule has 0 radical (unpaired) electrons. The van der Waals surface area contributed by atoms with Crippen LogP contribution in [0.4, 0.5) is 5.69 Å². The summed E-state index contributed by atoms with van der Waals surface area (Å²) in [7, 11) is 0. The number of H-pyrrole nitrogens is 1. The molecule has 0 unspecified atom stereocenters. The maximum Gasteiger partial charge on any atom is 0.294 e. The summed E-state index contributed by atoms with van der Waals surface area (Å²) in [4.78, 5) is 25.1. The van der Waals surface area contributed by atoms with Gasteiger partial charge in [-0.05, 0) is 12.1 Å². The molecule has 0 spiro atoms. The number of carbonyl (C=O) groups is 1. The molecule has 9 heteroatoms. The van der Waals surface area contributed by atoms with Crippen LogP contribution in [0.1, 0.15) is 21.7 Å². The van der Waals surface area contributed by atoms with Gasteiger partial charge in [-0.3, -0.25) is 20.0 Å². The van der Waals surface area contributed by atoms with Gasteiger partial charge in [0, 0.05) is 43.0 Å². The van der Waals surface area contributed by atoms with Gasteiger partial charge < -0.3 is 4.90 Å². The van der Waals surface area contributed by atoms with Crippen molar-refractivity contribution in [2.24, 2.45) is 0 Å². The van der Waals surface area contributed by atoms with E-state index in [2.05, 4.69) is 15.3 Å². The number of benzene rings is 1. The first-order valence-corrected chi connectivity index (χ1v) is 7.73. The molecule has 3 heterocycles. The van der Waals surface area contributed by atoms with Gasteiger partial charge in [0.2, 0.25) is 0 Å². The zero-order valence-electron chi connectivity index (χ0n) is 13.1. The molecule has 25 heavy (non-hydrogen) atoms. The number of aromatic amines is 1. The average molecular weight is 338 g/mol. The predicted molar refractivity (Wildman–Crippen MR) is 87.3 cm³/mol. The van der Waals surface area contributed by atoms with Crippen LogP contribution in [0.3, 0.4) is 0 Å². The highest BCUT2D eigenvalue weighted by molar-refractivity contribution is 5.92. The molecule has 126 valence electrons. The van der Waals surface area contributed by atoms with Crippen LogP contribution in [0, 0.1) is 10.1 Å². The third-order valence-electron chi connectivity index (χ3n) is 4.22. The lowest BCUT2D eigenvalue weighted by molar-refractivity contribution is -0.384. The molecule has 0 saturated heterocycles. The number of nitrogens with zero attached hydrogens (tertiary/aromatic N) is 5. The van der Waals surface area contributed by atoms with Crippen LogP contribution in [0.2, 0.25) is 0 Å². The van der Waals surface area contributed by atoms with E-state index in [1.165, 1.54) is 10.7 Å². The second kappa shape index (κ2) is 5.86. The minimum absolute atomic E-state index is 0.0642. The second-order valence-corrected chi connectivity index (χ2v) is 5.74. The maximum atomic E-state index is 12.7. The molecule has 1 aliphatic heterocycles. The number of carbonyl (C=O) groups excluding carboxylic acids is 1. The summed E-state index contributed by atoms with van der Waals surface area (Å²) in [6, 6.07) is 7.86. The lowest BCUT2D eigenvalue weighted by Crippen LogP contribution is -2.36. The summed E-state index contributed by atoms with van der Waals surface area (Å²) in [6.07, 6.45) is 4.00. The van der Waals surface area contributed by atoms with E-state index in [1.54, 1.807) is 41.6 Å². The molecule has 0 saturated carbocycles. The number of aromatic nitrogens is 4. The Hall–Kier alpha value is -3.49. The van der Waals surface area contributed by atoms with Crippen LogP contribution >= 0.6 is 0 Å². The number of nitrogens with one attached hydrogen (secondary N) is 1. The quantitative estimate of drug-likeness (QED) is 0.577. The van der Waals surface area contributed by atoms with Crippen LogP contribution < -0.4 is 0 Å². The summed E-state index contributed by atoms with van der Waals surface area (Å²) in [5.74, 6) is -0.204. The number of nitro groups is 1. The minimum Gasteiger partial charge on any atom is -0.332 e. The number of para-hydroxylation sites is 2. The van der Waals surface area contributed by atoms with Crippen molar-refractivity contribution in [3.8, 4) is 5.69 Å². The average Bonchev–Trinajstić information content (AvgIpc) is 3.29. The number of rotatable bonds is 3. The Balaban J connectivity index is 1.60. The Morgan fingerprint density at radius 3 is 2.96 bits per heavy atom. The van der Waals surface area contributed by atoms with E-state index in [0.717, 1.165) is 11.3 Å². The largest absolute Gasteiger partial charge is 0.332 e. The molecule has 0 bridgehead atoms. The fraction of sp³-hybridized carbons (Fsp3) is 0.188. The monoisotopic (exact) mass is 338 g/mol. The number of hydrogen-bond donors (Lipinski definition) is 1. The van der Waals surface area contributed by atoms with Crippen molar-refractivity contribution in [3.63, 3.8) is 0 Å². The number of fused-ring (bicyclic) bond motifs is 1. The molecule has 3 aromatic rings. The number of amides is 1. The zero-order chi connectivity index (χ0) is 17.4. The third-order valence-corrected chi connectivity index (χ3v) is 4.22. The van der Waals surface area contributed by atoms with Crippen molar-refractivity contribution in [3.05, 3.63) is 69.8 Å². The van der Waals surface area contributed by atoms with Crippen LogP contribution in [-0.2, 0) is 13.0 Å². The fourth-order valence-electron chi connectivity index (χ4n) is 2.94. The normalized spacial score (nSPS) is 13.5. The molecule has 1 N–H and O–H groups in total. The van der Waals surface area contributed by atoms with Gasteiger partial charge in [0.25, 0.3) is 11.6 Å². The summed E-state index contributed by atoms with van der Waals surface area (Å²) < 4.78 is 1.36. The van der Waals surface area contributed by atoms with Gasteiger partial charge in [0.05, 0.1) is 11.1 Å². The molecule has 4 rings (SSSR count). The number of hydrogen-bond acceptors (Lipinski definition) is 5. The molecule has 0 atom stereocenters. The fourth-order valence-corrected chi connectivity index (χ4v) is 2.94. The van der Waals surface area contributed by atoms with Gasteiger partial charge >= 0.3 is 0 Å². The highest BCUT2D eigenvalue weighted by Crippen LogP contribution is 2.22. The predicted octanol–water partition coefficient (Wildman–Crippen LogP) is 1.70. The van der Waals surface area contributed by atoms with Gasteiger partial charge in [0.1, 0.15) is 5.69 Å². The first-order valence-electron chi connectivity index (χ1n) is 7.73. The van der Waals surface area contributed by atoms with Gasteiger partial charge in [0.15, 0.2) is 5.69 Å². The van der Waals surface area contributed by atoms with Crippen molar-refractivity contribution < 1.29 is 9.72 Å². The van der Waals surface area contributed by atoms with Gasteiger partial charge in [-0.25, -0.2) is 4.68 Å². The Kier molecular flexibility index (Phi) is 3.53. The lowest BCUT2D eigenvalue weighted by Gasteiger charge is -2.25. The van der Waals surface area contributed by atoms with E-state index in [0.29, 0.717) is 25.2 Å². The van der Waals surface area contributed by atoms with Gasteiger partial charge in [-0.15, -0.1) is 0 Å². The molecule has 2 aromatic heterocycles. The van der Waals surface area contributed by atoms with Crippen LogP contribution in [-0.4, -0.2) is 42.3 Å². The summed E-state index contributed by atoms with van der Waals surface area (Å²) >= 11 is 0. The minimum atomic E-state index is -0.469. The van der Waals surface area contributed by atoms with Crippen molar-refractivity contribution >= 4 is 11.6 Å². The Morgan fingerprint density at radius 2 is 2.12 bits per heavy atom. The SMILES string of the molecule is O=C(c1ccn(-c2ccccc2[N+](=O)[O-])n1)N1CCc2[nH]ncc2C1. The van der Waals surface area contributed by atoms with E-state index in [1.807, 2.05) is 0 Å². The van der Waals surface area contributed by atoms with E-state index in [4.69, 9.17) is 0 Å². The summed E-state index contributed by atoms with van der Waals surface area (Å²) in [5, 5.41) is 22.3. The second-order valence-electron chi connectivity index (χ2n) is 5.74. The highest BCUT2D eigenvalue weighted by Gasteiger charge is 2.25. The Bertz CT molecular complexity index is 960. The molecule has 1 aromatic carbocycles. The standard InChI is InChI=1S/C16H14N6O3/c23-16(20-7-5-12-11(10-20)9-17-18-12)13-6-8-21(19-13)14-3-1-2-4-15(14)22(24)25/h1-4,6,8-9H,5,7,10H2,(H,17,18). The van der Waals surface area contributed by atoms with Crippen LogP contribution in [0.15, 0.2) is 42.7 Å². The van der Waals surface area contributed by atoms with Gasteiger partial charge in [-0.1, -0.05) is 12.1 Å². The first kappa shape index (κ1) is 15.1. The molecule has 0 fully saturated rings. The Labute approximate surface area is 142 Å². The topological polar surface area (TPSA) is 110 Å². The molecule has 1 amide bonds. The molecule has 1 aliphatic rings. The number of nitro benzene ring substituents is 1. The van der Waals surface area contributed by atoms with Crippen molar-refractivity contribution in [1.82, 2.24) is 24.9 Å². The molecule has 0 aliphatic carbocycles. The van der Waals surface area contributed by atoms with Crippen LogP contribution in [0.25, 0.3) is 5.69 Å². The highest BCUT2D eigenvalue weighted by atomic mass is 16.6. The molecular formula is C16H14N6O3. The van der Waals surface area contributed by atoms with Crippen molar-refractivity contribution in [2.45, 2.75) is 13.0 Å². The third kappa shape index (κ3) is 2.65. The molecular weight excluding hydrogens is 324 g/mol. The summed E-state index contributed by atoms with van der Waals surface area (Å²) in [5.41, 5.74) is 2.56. The smallest absolute Gasteiger partial charge is 0.294 e. The lowest BCUT2D eigenvalue weighted by atomic mass is 10.1. The zero-order valence-corrected chi connectivity index (χ0v) is 13.1. The van der Waals surface area contributed by atoms with E-state index in [-0.39, 0.29) is 17.3 Å². The van der Waals surface area contributed by atoms with Crippen molar-refractivity contribution in [1.29, 1.82) is 0 Å². The van der Waals surface area contributed by atoms with E-state index >= 15 is 0 Å². The van der Waals surface area contributed by atoms with E-state index in [9.17, 15) is 14.9 Å². The maximum absolute atomic E-state index is 12.7. The van der Waals surface area contributed by atoms with Gasteiger partial charge in [-0.2, -0.15) is 10.2 Å².